The number of anilines is 1. The maximum absolute atomic E-state index is 4.31. The molecule has 5 heteroatoms. The molecule has 1 saturated heterocycles. The van der Waals surface area contributed by atoms with Crippen LogP contribution in [0.3, 0.4) is 0 Å². The Balaban J connectivity index is 1.22. The van der Waals surface area contributed by atoms with Crippen molar-refractivity contribution in [3.8, 4) is 5.69 Å². The summed E-state index contributed by atoms with van der Waals surface area (Å²) in [7, 11) is 0. The van der Waals surface area contributed by atoms with Gasteiger partial charge >= 0.3 is 0 Å². The number of nitrogens with zero attached hydrogens (tertiary/aromatic N) is 5. The molecule has 5 rings (SSSR count). The van der Waals surface area contributed by atoms with Crippen LogP contribution in [0.2, 0.25) is 0 Å². The molecule has 3 heterocycles. The molecule has 5 nitrogen and oxygen atoms in total. The lowest BCUT2D eigenvalue weighted by Gasteiger charge is -2.39. The number of rotatable bonds is 6. The molecule has 0 amide bonds. The first-order chi connectivity index (χ1) is 13.9. The summed E-state index contributed by atoms with van der Waals surface area (Å²) < 4.78 is 1.90. The molecule has 28 heavy (non-hydrogen) atoms. The summed E-state index contributed by atoms with van der Waals surface area (Å²) in [6.07, 6.45) is 12.9. The fourth-order valence-corrected chi connectivity index (χ4v) is 4.36. The van der Waals surface area contributed by atoms with Crippen LogP contribution in [0.5, 0.6) is 0 Å². The highest BCUT2D eigenvalue weighted by molar-refractivity contribution is 5.51. The van der Waals surface area contributed by atoms with Crippen LogP contribution in [0.25, 0.3) is 5.69 Å². The fraction of sp³-hybridized carbons (Fsp3) is 0.391. The van der Waals surface area contributed by atoms with Gasteiger partial charge in [-0.2, -0.15) is 5.10 Å². The third-order valence-corrected chi connectivity index (χ3v) is 6.02. The van der Waals surface area contributed by atoms with Gasteiger partial charge in [0.05, 0.1) is 5.69 Å². The largest absolute Gasteiger partial charge is 0.371 e. The Morgan fingerprint density at radius 1 is 0.857 bits per heavy atom. The predicted molar refractivity (Wildman–Crippen MR) is 112 cm³/mol. The van der Waals surface area contributed by atoms with Gasteiger partial charge in [0.2, 0.25) is 0 Å². The minimum Gasteiger partial charge on any atom is -0.371 e. The quantitative estimate of drug-likeness (QED) is 0.657. The number of hydrogen-bond acceptors (Lipinski definition) is 4. The molecule has 0 unspecified atom stereocenters. The molecule has 0 N–H and O–H groups in total. The van der Waals surface area contributed by atoms with Crippen molar-refractivity contribution in [2.24, 2.45) is 0 Å². The minimum atomic E-state index is 0.687. The van der Waals surface area contributed by atoms with E-state index < -0.39 is 0 Å². The van der Waals surface area contributed by atoms with Gasteiger partial charge in [0.15, 0.2) is 0 Å². The normalized spacial score (nSPS) is 18.0. The molecule has 2 aromatic heterocycles. The van der Waals surface area contributed by atoms with E-state index in [1.165, 1.54) is 36.9 Å². The Labute approximate surface area is 166 Å². The van der Waals surface area contributed by atoms with Gasteiger partial charge in [0.1, 0.15) is 0 Å². The van der Waals surface area contributed by atoms with Crippen LogP contribution in [0.4, 0.5) is 5.69 Å². The molecule has 1 saturated carbocycles. The van der Waals surface area contributed by atoms with E-state index >= 15 is 0 Å². The second-order valence-electron chi connectivity index (χ2n) is 7.95. The molecule has 1 aliphatic carbocycles. The predicted octanol–water partition coefficient (Wildman–Crippen LogP) is 3.90. The average molecular weight is 374 g/mol. The highest BCUT2D eigenvalue weighted by atomic mass is 15.3. The van der Waals surface area contributed by atoms with Crippen LogP contribution >= 0.6 is 0 Å². The molecular formula is C23H27N5. The molecule has 1 aromatic carbocycles. The van der Waals surface area contributed by atoms with E-state index in [-0.39, 0.29) is 0 Å². The molecule has 2 fully saturated rings. The van der Waals surface area contributed by atoms with Gasteiger partial charge in [-0.3, -0.25) is 9.88 Å². The topological polar surface area (TPSA) is 37.2 Å². The summed E-state index contributed by atoms with van der Waals surface area (Å²) in [6.45, 7) is 3.30. The summed E-state index contributed by atoms with van der Waals surface area (Å²) in [6, 6.07) is 16.5. The molecule has 1 aliphatic heterocycles. The number of hydrogen-bond donors (Lipinski definition) is 0. The zero-order valence-electron chi connectivity index (χ0n) is 16.2. The van der Waals surface area contributed by atoms with Crippen LogP contribution in [0.15, 0.2) is 67.3 Å². The molecule has 0 radical (unpaired) electrons. The van der Waals surface area contributed by atoms with Crippen molar-refractivity contribution >= 4 is 5.69 Å². The van der Waals surface area contributed by atoms with Crippen molar-refractivity contribution in [1.82, 2.24) is 19.7 Å². The maximum Gasteiger partial charge on any atom is 0.0647 e. The third kappa shape index (κ3) is 3.80. The molecule has 2 aliphatic rings. The van der Waals surface area contributed by atoms with Crippen molar-refractivity contribution in [2.45, 2.75) is 44.3 Å². The van der Waals surface area contributed by atoms with E-state index in [0.29, 0.717) is 6.04 Å². The third-order valence-electron chi connectivity index (χ3n) is 6.02. The summed E-state index contributed by atoms with van der Waals surface area (Å²) in [5.74, 6) is 0. The second kappa shape index (κ2) is 7.76. The first-order valence-electron chi connectivity index (χ1n) is 10.4. The number of piperidine rings is 1. The van der Waals surface area contributed by atoms with Gasteiger partial charge in [-0.05, 0) is 67.6 Å². The Morgan fingerprint density at radius 2 is 1.61 bits per heavy atom. The molecule has 0 atom stereocenters. The van der Waals surface area contributed by atoms with Gasteiger partial charge < -0.3 is 4.90 Å². The number of aromatic nitrogens is 3. The smallest absolute Gasteiger partial charge is 0.0647 e. The average Bonchev–Trinajstić information content (AvgIpc) is 3.46. The van der Waals surface area contributed by atoms with E-state index in [4.69, 9.17) is 0 Å². The van der Waals surface area contributed by atoms with Crippen LogP contribution in [0, 0.1) is 0 Å². The summed E-state index contributed by atoms with van der Waals surface area (Å²) in [5, 5.41) is 4.31. The van der Waals surface area contributed by atoms with E-state index in [0.717, 1.165) is 31.4 Å². The van der Waals surface area contributed by atoms with Crippen molar-refractivity contribution < 1.29 is 0 Å². The standard InChI is InChI=1S/C23H27N5/c1-3-19(17-24-12-1)18-27(21-6-7-21)22-10-15-26(16-11-22)20-4-8-23(9-5-20)28-14-2-13-25-28/h1-5,8-9,12-14,17,21-22H,6-7,10-11,15-16,18H2. The lowest BCUT2D eigenvalue weighted by atomic mass is 10.0. The van der Waals surface area contributed by atoms with Gasteiger partial charge in [-0.25, -0.2) is 4.68 Å². The van der Waals surface area contributed by atoms with E-state index in [2.05, 4.69) is 56.3 Å². The SMILES string of the molecule is c1cncc(CN(C2CC2)C2CCN(c3ccc(-n4cccn4)cc3)CC2)c1. The highest BCUT2D eigenvalue weighted by Gasteiger charge is 2.35. The molecule has 3 aromatic rings. The minimum absolute atomic E-state index is 0.687. The Kier molecular flexibility index (Phi) is 4.83. The molecule has 0 spiro atoms. The molecule has 0 bridgehead atoms. The molecule has 144 valence electrons. The zero-order valence-corrected chi connectivity index (χ0v) is 16.2. The second-order valence-corrected chi connectivity index (χ2v) is 7.95. The van der Waals surface area contributed by atoms with Gasteiger partial charge in [-0.1, -0.05) is 6.07 Å². The number of pyridine rings is 1. The Morgan fingerprint density at radius 3 is 2.25 bits per heavy atom. The monoisotopic (exact) mass is 373 g/mol. The zero-order chi connectivity index (χ0) is 18.8. The summed E-state index contributed by atoms with van der Waals surface area (Å²) >= 11 is 0. The summed E-state index contributed by atoms with van der Waals surface area (Å²) in [5.41, 5.74) is 3.77. The Hall–Kier alpha value is -2.66. The van der Waals surface area contributed by atoms with Crippen molar-refractivity contribution in [3.63, 3.8) is 0 Å². The Bertz CT molecular complexity index is 863. The van der Waals surface area contributed by atoms with Crippen LogP contribution in [0.1, 0.15) is 31.2 Å². The van der Waals surface area contributed by atoms with Crippen molar-refractivity contribution in [2.75, 3.05) is 18.0 Å². The van der Waals surface area contributed by atoms with Crippen LogP contribution in [-0.4, -0.2) is 44.8 Å². The fourth-order valence-electron chi connectivity index (χ4n) is 4.36. The maximum atomic E-state index is 4.31. The summed E-state index contributed by atoms with van der Waals surface area (Å²) in [4.78, 5) is 9.57. The highest BCUT2D eigenvalue weighted by Crippen LogP contribution is 2.34. The van der Waals surface area contributed by atoms with Crippen molar-refractivity contribution in [1.29, 1.82) is 0 Å². The molecular weight excluding hydrogens is 346 g/mol. The van der Waals surface area contributed by atoms with Crippen molar-refractivity contribution in [3.05, 3.63) is 72.8 Å². The van der Waals surface area contributed by atoms with E-state index in [9.17, 15) is 0 Å². The van der Waals surface area contributed by atoms with Gasteiger partial charge in [-0.15, -0.1) is 0 Å². The van der Waals surface area contributed by atoms with Gasteiger partial charge in [0.25, 0.3) is 0 Å². The van der Waals surface area contributed by atoms with Crippen LogP contribution in [-0.2, 0) is 6.54 Å². The van der Waals surface area contributed by atoms with Gasteiger partial charge in [0, 0.05) is 62.2 Å². The first-order valence-corrected chi connectivity index (χ1v) is 10.4. The first kappa shape index (κ1) is 17.4. The van der Waals surface area contributed by atoms with E-state index in [1.54, 1.807) is 0 Å². The lowest BCUT2D eigenvalue weighted by molar-refractivity contribution is 0.151. The van der Waals surface area contributed by atoms with Crippen LogP contribution < -0.4 is 4.90 Å². The lowest BCUT2D eigenvalue weighted by Crippen LogP contribution is -2.45. The number of benzene rings is 1. The van der Waals surface area contributed by atoms with E-state index in [1.807, 2.05) is 35.5 Å².